The number of benzene rings is 2. The Morgan fingerprint density at radius 1 is 1.11 bits per heavy atom. The van der Waals surface area contributed by atoms with Gasteiger partial charge in [-0.15, -0.1) is 0 Å². The summed E-state index contributed by atoms with van der Waals surface area (Å²) in [5, 5.41) is 12.3. The fraction of sp³-hybridized carbons (Fsp3) is 0.304. The number of carbonyl (C=O) groups excluding carboxylic acids is 1. The number of amides is 1. The van der Waals surface area contributed by atoms with Crippen molar-refractivity contribution in [2.75, 3.05) is 6.54 Å². The minimum Gasteiger partial charge on any atom is -0.352 e. The summed E-state index contributed by atoms with van der Waals surface area (Å²) in [7, 11) is 0. The maximum atomic E-state index is 13.7. The molecule has 2 rings (SSSR count). The Hall–Kier alpha value is -3.00. The maximum Gasteiger partial charge on any atom is 0.247 e. The van der Waals surface area contributed by atoms with Crippen molar-refractivity contribution in [2.24, 2.45) is 0 Å². The van der Waals surface area contributed by atoms with Gasteiger partial charge < -0.3 is 5.32 Å². The van der Waals surface area contributed by atoms with Gasteiger partial charge in [0.25, 0.3) is 0 Å². The molecular weight excluding hydrogens is 358 g/mol. The SMILES string of the molecule is CCCCNC(=O)/C(C)=C(\C)c1cc(C#N)cc(-c2cc(F)cc(F)c2)c1C. The standard InChI is InChI=1S/C23H24F2N2O/c1-5-6-7-27-23(28)15(3)14(2)21-8-17(13-26)9-22(16(21)4)18-10-19(24)12-20(25)11-18/h8-12H,5-7H2,1-4H3,(H,27,28)/b15-14+. The highest BCUT2D eigenvalue weighted by atomic mass is 19.1. The van der Waals surface area contributed by atoms with Crippen molar-refractivity contribution in [1.82, 2.24) is 5.32 Å². The molecule has 146 valence electrons. The van der Waals surface area contributed by atoms with Crippen molar-refractivity contribution in [3.63, 3.8) is 0 Å². The van der Waals surface area contributed by atoms with E-state index in [0.29, 0.717) is 34.4 Å². The van der Waals surface area contributed by atoms with E-state index in [2.05, 4.69) is 11.4 Å². The van der Waals surface area contributed by atoms with E-state index in [-0.39, 0.29) is 5.91 Å². The van der Waals surface area contributed by atoms with E-state index >= 15 is 0 Å². The average Bonchev–Trinajstić information content (AvgIpc) is 2.66. The van der Waals surface area contributed by atoms with Gasteiger partial charge in [0.15, 0.2) is 0 Å². The van der Waals surface area contributed by atoms with Crippen LogP contribution in [-0.4, -0.2) is 12.5 Å². The van der Waals surface area contributed by atoms with E-state index in [9.17, 15) is 18.8 Å². The molecule has 5 heteroatoms. The summed E-state index contributed by atoms with van der Waals surface area (Å²) >= 11 is 0. The van der Waals surface area contributed by atoms with Gasteiger partial charge in [0.05, 0.1) is 11.6 Å². The van der Waals surface area contributed by atoms with Crippen LogP contribution in [0.25, 0.3) is 16.7 Å². The van der Waals surface area contributed by atoms with E-state index in [1.165, 1.54) is 12.1 Å². The predicted molar refractivity (Wildman–Crippen MR) is 107 cm³/mol. The molecule has 0 aliphatic heterocycles. The third-order valence-corrected chi connectivity index (χ3v) is 4.83. The van der Waals surface area contributed by atoms with Crippen LogP contribution in [0, 0.1) is 29.9 Å². The molecule has 3 nitrogen and oxygen atoms in total. The zero-order valence-corrected chi connectivity index (χ0v) is 16.6. The first kappa shape index (κ1) is 21.3. The van der Waals surface area contributed by atoms with Gasteiger partial charge in [-0.25, -0.2) is 8.78 Å². The molecule has 0 aliphatic rings. The molecule has 0 heterocycles. The molecule has 0 unspecified atom stereocenters. The molecule has 0 bridgehead atoms. The first-order valence-corrected chi connectivity index (χ1v) is 9.25. The number of allylic oxidation sites excluding steroid dienone is 1. The van der Waals surface area contributed by atoms with E-state index < -0.39 is 11.6 Å². The topological polar surface area (TPSA) is 52.9 Å². The zero-order valence-electron chi connectivity index (χ0n) is 16.6. The quantitative estimate of drug-likeness (QED) is 0.528. The lowest BCUT2D eigenvalue weighted by atomic mass is 9.89. The predicted octanol–water partition coefficient (Wildman–Crippen LogP) is 5.52. The monoisotopic (exact) mass is 382 g/mol. The third-order valence-electron chi connectivity index (χ3n) is 4.83. The lowest BCUT2D eigenvalue weighted by molar-refractivity contribution is -0.117. The average molecular weight is 382 g/mol. The molecule has 0 aromatic heterocycles. The Morgan fingerprint density at radius 2 is 1.75 bits per heavy atom. The van der Waals surface area contributed by atoms with Crippen LogP contribution in [0.5, 0.6) is 0 Å². The molecule has 2 aromatic rings. The molecule has 28 heavy (non-hydrogen) atoms. The summed E-state index contributed by atoms with van der Waals surface area (Å²) in [5.74, 6) is -1.53. The Kier molecular flexibility index (Phi) is 7.06. The van der Waals surface area contributed by atoms with Gasteiger partial charge in [0.2, 0.25) is 5.91 Å². The number of nitrogens with one attached hydrogen (secondary N) is 1. The van der Waals surface area contributed by atoms with Crippen LogP contribution in [0.1, 0.15) is 50.3 Å². The van der Waals surface area contributed by atoms with Gasteiger partial charge in [-0.2, -0.15) is 5.26 Å². The second kappa shape index (κ2) is 9.27. The van der Waals surface area contributed by atoms with Crippen molar-refractivity contribution in [3.8, 4) is 17.2 Å². The molecule has 1 N–H and O–H groups in total. The molecule has 0 spiro atoms. The summed E-state index contributed by atoms with van der Waals surface area (Å²) in [6, 6.07) is 8.68. The number of nitriles is 1. The lowest BCUT2D eigenvalue weighted by Crippen LogP contribution is -2.25. The molecule has 1 amide bonds. The number of hydrogen-bond acceptors (Lipinski definition) is 2. The molecular formula is C23H24F2N2O. The highest BCUT2D eigenvalue weighted by molar-refractivity contribution is 6.01. The van der Waals surface area contributed by atoms with Crippen LogP contribution in [0.2, 0.25) is 0 Å². The number of rotatable bonds is 6. The zero-order chi connectivity index (χ0) is 20.8. The fourth-order valence-corrected chi connectivity index (χ4v) is 3.06. The van der Waals surface area contributed by atoms with Crippen molar-refractivity contribution in [1.29, 1.82) is 5.26 Å². The van der Waals surface area contributed by atoms with Gasteiger partial charge in [0, 0.05) is 18.2 Å². The van der Waals surface area contributed by atoms with Crippen molar-refractivity contribution >= 4 is 11.5 Å². The van der Waals surface area contributed by atoms with Crippen LogP contribution < -0.4 is 5.32 Å². The van der Waals surface area contributed by atoms with Gasteiger partial charge in [-0.3, -0.25) is 4.79 Å². The van der Waals surface area contributed by atoms with Gasteiger partial charge in [-0.1, -0.05) is 13.3 Å². The van der Waals surface area contributed by atoms with E-state index in [0.717, 1.165) is 30.0 Å². The molecule has 0 saturated carbocycles. The third kappa shape index (κ3) is 4.83. The van der Waals surface area contributed by atoms with Crippen molar-refractivity contribution in [3.05, 3.63) is 64.2 Å². The Labute approximate surface area is 164 Å². The molecule has 0 fully saturated rings. The second-order valence-electron chi connectivity index (χ2n) is 6.83. The van der Waals surface area contributed by atoms with Crippen molar-refractivity contribution < 1.29 is 13.6 Å². The fourth-order valence-electron chi connectivity index (χ4n) is 3.06. The van der Waals surface area contributed by atoms with Crippen LogP contribution >= 0.6 is 0 Å². The molecule has 0 aliphatic carbocycles. The van der Waals surface area contributed by atoms with Gasteiger partial charge >= 0.3 is 0 Å². The summed E-state index contributed by atoms with van der Waals surface area (Å²) in [6.07, 6.45) is 1.88. The highest BCUT2D eigenvalue weighted by Gasteiger charge is 2.16. The second-order valence-corrected chi connectivity index (χ2v) is 6.83. The van der Waals surface area contributed by atoms with E-state index in [4.69, 9.17) is 0 Å². The molecule has 2 aromatic carbocycles. The molecule has 0 radical (unpaired) electrons. The number of unbranched alkanes of at least 4 members (excludes halogenated alkanes) is 1. The molecule has 0 saturated heterocycles. The Balaban J connectivity index is 2.57. The summed E-state index contributed by atoms with van der Waals surface area (Å²) in [4.78, 5) is 12.4. The molecule has 0 atom stereocenters. The summed E-state index contributed by atoms with van der Waals surface area (Å²) in [5.41, 5.74) is 4.01. The number of carbonyl (C=O) groups is 1. The first-order chi connectivity index (χ1) is 13.3. The van der Waals surface area contributed by atoms with Crippen LogP contribution in [-0.2, 0) is 4.79 Å². The maximum absolute atomic E-state index is 13.7. The van der Waals surface area contributed by atoms with Gasteiger partial charge in [-0.05, 0) is 79.3 Å². The van der Waals surface area contributed by atoms with E-state index in [1.54, 1.807) is 19.1 Å². The van der Waals surface area contributed by atoms with E-state index in [1.807, 2.05) is 20.8 Å². The Morgan fingerprint density at radius 3 is 2.32 bits per heavy atom. The van der Waals surface area contributed by atoms with Crippen LogP contribution in [0.3, 0.4) is 0 Å². The summed E-state index contributed by atoms with van der Waals surface area (Å²) < 4.78 is 27.4. The first-order valence-electron chi connectivity index (χ1n) is 9.25. The van der Waals surface area contributed by atoms with Crippen molar-refractivity contribution in [2.45, 2.75) is 40.5 Å². The summed E-state index contributed by atoms with van der Waals surface area (Å²) in [6.45, 7) is 8.02. The largest absolute Gasteiger partial charge is 0.352 e. The minimum atomic E-state index is -0.683. The van der Waals surface area contributed by atoms with Gasteiger partial charge in [0.1, 0.15) is 11.6 Å². The number of nitrogens with zero attached hydrogens (tertiary/aromatic N) is 1. The smallest absolute Gasteiger partial charge is 0.247 e. The normalized spacial score (nSPS) is 11.6. The number of halogens is 2. The highest BCUT2D eigenvalue weighted by Crippen LogP contribution is 2.33. The Bertz CT molecular complexity index is 951. The minimum absolute atomic E-state index is 0.161. The number of hydrogen-bond donors (Lipinski definition) is 1. The lowest BCUT2D eigenvalue weighted by Gasteiger charge is -2.16. The van der Waals surface area contributed by atoms with Crippen LogP contribution in [0.4, 0.5) is 8.78 Å². The van der Waals surface area contributed by atoms with Crippen LogP contribution in [0.15, 0.2) is 35.9 Å².